The van der Waals surface area contributed by atoms with Gasteiger partial charge >= 0.3 is 0 Å². The second kappa shape index (κ2) is 6.57. The maximum atomic E-state index is 14.1. The van der Waals surface area contributed by atoms with Crippen LogP contribution in [0.1, 0.15) is 58.1 Å². The summed E-state index contributed by atoms with van der Waals surface area (Å²) in [7, 11) is 0. The molecule has 1 aromatic carbocycles. The lowest BCUT2D eigenvalue weighted by Crippen LogP contribution is -2.37. The summed E-state index contributed by atoms with van der Waals surface area (Å²) in [6.45, 7) is 6.92. The molecule has 0 aliphatic heterocycles. The first kappa shape index (κ1) is 15.3. The van der Waals surface area contributed by atoms with Gasteiger partial charge in [0.15, 0.2) is 0 Å². The van der Waals surface area contributed by atoms with Crippen LogP contribution in [0.3, 0.4) is 0 Å². The van der Waals surface area contributed by atoms with Crippen molar-refractivity contribution in [3.8, 4) is 0 Å². The van der Waals surface area contributed by atoms with Crippen LogP contribution in [-0.2, 0) is 0 Å². The molecule has 0 unspecified atom stereocenters. The number of aliphatic hydroxyl groups is 1. The van der Waals surface area contributed by atoms with Crippen molar-refractivity contribution in [2.75, 3.05) is 11.4 Å². The number of aliphatic hydroxyl groups excluding tert-OH is 1. The van der Waals surface area contributed by atoms with Gasteiger partial charge in [-0.2, -0.15) is 0 Å². The Morgan fingerprint density at radius 3 is 2.45 bits per heavy atom. The molecule has 0 bridgehead atoms. The third kappa shape index (κ3) is 3.32. The number of anilines is 1. The summed E-state index contributed by atoms with van der Waals surface area (Å²) in [6.07, 6.45) is 4.06. The molecule has 1 saturated carbocycles. The van der Waals surface area contributed by atoms with Crippen molar-refractivity contribution in [2.45, 2.75) is 58.6 Å². The van der Waals surface area contributed by atoms with E-state index in [2.05, 4.69) is 18.7 Å². The summed E-state index contributed by atoms with van der Waals surface area (Å²) in [5.41, 5.74) is 1.32. The molecule has 1 atom stereocenters. The van der Waals surface area contributed by atoms with Crippen molar-refractivity contribution < 1.29 is 9.50 Å². The van der Waals surface area contributed by atoms with Gasteiger partial charge in [0.1, 0.15) is 5.82 Å². The molecule has 0 spiro atoms. The minimum absolute atomic E-state index is 0.302. The zero-order valence-electron chi connectivity index (χ0n) is 12.8. The van der Waals surface area contributed by atoms with E-state index in [0.29, 0.717) is 17.5 Å². The van der Waals surface area contributed by atoms with E-state index in [9.17, 15) is 9.50 Å². The van der Waals surface area contributed by atoms with Crippen LogP contribution in [0.4, 0.5) is 10.1 Å². The molecule has 1 aliphatic rings. The van der Waals surface area contributed by atoms with Gasteiger partial charge in [-0.1, -0.05) is 32.8 Å². The monoisotopic (exact) mass is 279 g/mol. The Balaban J connectivity index is 2.39. The predicted molar refractivity (Wildman–Crippen MR) is 81.5 cm³/mol. The number of benzene rings is 1. The van der Waals surface area contributed by atoms with Gasteiger partial charge in [0, 0.05) is 23.8 Å². The Morgan fingerprint density at radius 2 is 1.90 bits per heavy atom. The molecule has 0 aromatic heterocycles. The molecule has 1 aromatic rings. The average molecular weight is 279 g/mol. The number of hydrogen-bond acceptors (Lipinski definition) is 2. The molecule has 3 heteroatoms. The van der Waals surface area contributed by atoms with Gasteiger partial charge in [-0.3, -0.25) is 0 Å². The first-order chi connectivity index (χ1) is 9.50. The fourth-order valence-corrected chi connectivity index (χ4v) is 3.24. The van der Waals surface area contributed by atoms with E-state index in [1.165, 1.54) is 31.7 Å². The van der Waals surface area contributed by atoms with E-state index in [1.54, 1.807) is 13.0 Å². The summed E-state index contributed by atoms with van der Waals surface area (Å²) in [5.74, 6) is 0.213. The molecule has 0 saturated heterocycles. The third-order valence-electron chi connectivity index (χ3n) is 4.08. The van der Waals surface area contributed by atoms with E-state index >= 15 is 0 Å². The average Bonchev–Trinajstić information content (AvgIpc) is 2.88. The van der Waals surface area contributed by atoms with Crippen molar-refractivity contribution in [3.05, 3.63) is 29.6 Å². The topological polar surface area (TPSA) is 23.5 Å². The van der Waals surface area contributed by atoms with Gasteiger partial charge in [-0.05, 0) is 37.8 Å². The van der Waals surface area contributed by atoms with Crippen molar-refractivity contribution in [1.29, 1.82) is 0 Å². The molecule has 0 heterocycles. The zero-order valence-corrected chi connectivity index (χ0v) is 12.8. The van der Waals surface area contributed by atoms with Crippen molar-refractivity contribution in [2.24, 2.45) is 5.92 Å². The summed E-state index contributed by atoms with van der Waals surface area (Å²) in [5, 5.41) is 9.94. The second-order valence-electron chi connectivity index (χ2n) is 6.33. The minimum atomic E-state index is -0.776. The fourth-order valence-electron chi connectivity index (χ4n) is 3.24. The van der Waals surface area contributed by atoms with Crippen LogP contribution in [0.5, 0.6) is 0 Å². The van der Waals surface area contributed by atoms with Crippen LogP contribution in [0.15, 0.2) is 18.2 Å². The fraction of sp³-hybridized carbons (Fsp3) is 0.647. The quantitative estimate of drug-likeness (QED) is 0.869. The van der Waals surface area contributed by atoms with Gasteiger partial charge in [-0.25, -0.2) is 4.39 Å². The molecule has 1 aliphatic carbocycles. The number of halogens is 1. The number of nitrogens with zero attached hydrogens (tertiary/aromatic N) is 1. The molecule has 2 rings (SSSR count). The molecular formula is C17H26FNO. The Labute approximate surface area is 121 Å². The van der Waals surface area contributed by atoms with Crippen LogP contribution < -0.4 is 4.90 Å². The molecule has 0 radical (unpaired) electrons. The Kier molecular flexibility index (Phi) is 5.03. The molecular weight excluding hydrogens is 253 g/mol. The van der Waals surface area contributed by atoms with Crippen molar-refractivity contribution >= 4 is 5.69 Å². The van der Waals surface area contributed by atoms with Gasteiger partial charge in [0.05, 0.1) is 6.10 Å². The first-order valence-corrected chi connectivity index (χ1v) is 7.73. The molecule has 2 nitrogen and oxygen atoms in total. The number of rotatable bonds is 5. The van der Waals surface area contributed by atoms with Crippen LogP contribution in [0.2, 0.25) is 0 Å². The minimum Gasteiger partial charge on any atom is -0.389 e. The standard InChI is InChI=1S/C17H26FNO/c1-12(2)11-19(14-7-4-5-8-14)16-10-6-9-15(18)17(16)13(3)20/h6,9-10,12-14,20H,4-5,7-8,11H2,1-3H3/t13-/m1/s1. The van der Waals surface area contributed by atoms with Crippen molar-refractivity contribution in [1.82, 2.24) is 0 Å². The van der Waals surface area contributed by atoms with Crippen LogP contribution in [0.25, 0.3) is 0 Å². The largest absolute Gasteiger partial charge is 0.389 e. The Bertz CT molecular complexity index is 439. The van der Waals surface area contributed by atoms with Gasteiger partial charge in [0.2, 0.25) is 0 Å². The summed E-state index contributed by atoms with van der Waals surface area (Å²) in [6, 6.07) is 5.62. The maximum Gasteiger partial charge on any atom is 0.131 e. The van der Waals surface area contributed by atoms with E-state index in [-0.39, 0.29) is 5.82 Å². The molecule has 1 N–H and O–H groups in total. The lowest BCUT2D eigenvalue weighted by molar-refractivity contribution is 0.194. The highest BCUT2D eigenvalue weighted by Gasteiger charge is 2.27. The lowest BCUT2D eigenvalue weighted by Gasteiger charge is -2.35. The van der Waals surface area contributed by atoms with Crippen LogP contribution in [-0.4, -0.2) is 17.7 Å². The highest BCUT2D eigenvalue weighted by atomic mass is 19.1. The predicted octanol–water partition coefficient (Wildman–Crippen LogP) is 4.28. The highest BCUT2D eigenvalue weighted by molar-refractivity contribution is 5.56. The number of hydrogen-bond donors (Lipinski definition) is 1. The Hall–Kier alpha value is -1.09. The molecule has 1 fully saturated rings. The van der Waals surface area contributed by atoms with E-state index in [0.717, 1.165) is 12.2 Å². The van der Waals surface area contributed by atoms with E-state index in [4.69, 9.17) is 0 Å². The highest BCUT2D eigenvalue weighted by Crippen LogP contribution is 2.34. The zero-order chi connectivity index (χ0) is 14.7. The Morgan fingerprint density at radius 1 is 1.25 bits per heavy atom. The summed E-state index contributed by atoms with van der Waals surface area (Å²) in [4.78, 5) is 2.32. The van der Waals surface area contributed by atoms with E-state index < -0.39 is 6.10 Å². The summed E-state index contributed by atoms with van der Waals surface area (Å²) < 4.78 is 14.1. The van der Waals surface area contributed by atoms with Crippen LogP contribution >= 0.6 is 0 Å². The van der Waals surface area contributed by atoms with Crippen molar-refractivity contribution in [3.63, 3.8) is 0 Å². The molecule has 20 heavy (non-hydrogen) atoms. The SMILES string of the molecule is CC(C)CN(c1cccc(F)c1[C@@H](C)O)C1CCCC1. The smallest absolute Gasteiger partial charge is 0.131 e. The lowest BCUT2D eigenvalue weighted by atomic mass is 10.0. The second-order valence-corrected chi connectivity index (χ2v) is 6.33. The maximum absolute atomic E-state index is 14.1. The third-order valence-corrected chi connectivity index (χ3v) is 4.08. The molecule has 112 valence electrons. The van der Waals surface area contributed by atoms with Gasteiger partial charge in [0.25, 0.3) is 0 Å². The molecule has 0 amide bonds. The summed E-state index contributed by atoms with van der Waals surface area (Å²) >= 11 is 0. The van der Waals surface area contributed by atoms with Crippen LogP contribution in [0, 0.1) is 11.7 Å². The normalized spacial score (nSPS) is 17.7. The van der Waals surface area contributed by atoms with E-state index in [1.807, 2.05) is 6.07 Å². The van der Waals surface area contributed by atoms with Gasteiger partial charge < -0.3 is 10.0 Å². The first-order valence-electron chi connectivity index (χ1n) is 7.73. The van der Waals surface area contributed by atoms with Gasteiger partial charge in [-0.15, -0.1) is 0 Å².